The fourth-order valence-corrected chi connectivity index (χ4v) is 2.79. The van der Waals surface area contributed by atoms with Gasteiger partial charge in [-0.25, -0.2) is 0 Å². The topological polar surface area (TPSA) is 72.7 Å². The van der Waals surface area contributed by atoms with Crippen LogP contribution in [0.5, 0.6) is 5.75 Å². The number of aliphatic imine (C=N–C) groups is 1. The summed E-state index contributed by atoms with van der Waals surface area (Å²) in [5.41, 5.74) is 1.30. The van der Waals surface area contributed by atoms with Gasteiger partial charge in [-0.15, -0.1) is 0 Å². The monoisotopic (exact) mass is 341 g/mol. The van der Waals surface area contributed by atoms with Gasteiger partial charge in [-0.1, -0.05) is 24.6 Å². The number of nitriles is 1. The van der Waals surface area contributed by atoms with Gasteiger partial charge in [0.15, 0.2) is 6.19 Å². The van der Waals surface area contributed by atoms with E-state index in [4.69, 9.17) is 10.00 Å². The first kappa shape index (κ1) is 18.8. The van der Waals surface area contributed by atoms with Crippen LogP contribution in [0, 0.1) is 11.5 Å². The lowest BCUT2D eigenvalue weighted by Crippen LogP contribution is -2.34. The Morgan fingerprint density at radius 2 is 2.16 bits per heavy atom. The summed E-state index contributed by atoms with van der Waals surface area (Å²) in [6.07, 6.45) is 9.70. The fourth-order valence-electron chi connectivity index (χ4n) is 2.79. The smallest absolute Gasteiger partial charge is 0.204 e. The van der Waals surface area contributed by atoms with Gasteiger partial charge in [0.25, 0.3) is 0 Å². The van der Waals surface area contributed by atoms with Crippen LogP contribution in [-0.4, -0.2) is 44.1 Å². The summed E-state index contributed by atoms with van der Waals surface area (Å²) < 4.78 is 5.79. The summed E-state index contributed by atoms with van der Waals surface area (Å²) in [6, 6.07) is 8.33. The first-order chi connectivity index (χ1) is 12.3. The van der Waals surface area contributed by atoms with Gasteiger partial charge in [-0.3, -0.25) is 15.2 Å². The van der Waals surface area contributed by atoms with Gasteiger partial charge in [-0.2, -0.15) is 5.26 Å². The number of likely N-dealkylation sites (tertiary alicyclic amines) is 1. The van der Waals surface area contributed by atoms with E-state index in [1.807, 2.05) is 24.4 Å². The first-order valence-corrected chi connectivity index (χ1v) is 8.76. The highest BCUT2D eigenvalue weighted by molar-refractivity contribution is 5.81. The second kappa shape index (κ2) is 11.1. The maximum absolute atomic E-state index is 8.54. The molecule has 1 saturated heterocycles. The summed E-state index contributed by atoms with van der Waals surface area (Å²) in [6.45, 7) is 4.50. The number of hydrogen-bond acceptors (Lipinski definition) is 4. The minimum atomic E-state index is 0.457. The molecule has 1 aromatic carbocycles. The molecule has 0 radical (unpaired) electrons. The third-order valence-corrected chi connectivity index (χ3v) is 4.05. The van der Waals surface area contributed by atoms with Gasteiger partial charge in [-0.05, 0) is 49.7 Å². The van der Waals surface area contributed by atoms with Crippen molar-refractivity contribution >= 4 is 5.96 Å². The highest BCUT2D eigenvalue weighted by atomic mass is 16.5. The summed E-state index contributed by atoms with van der Waals surface area (Å²) in [5, 5.41) is 14.0. The molecule has 0 aliphatic carbocycles. The number of nitrogens with zero attached hydrogens (tertiary/aromatic N) is 3. The molecule has 2 rings (SSSR count). The Morgan fingerprint density at radius 1 is 1.32 bits per heavy atom. The van der Waals surface area contributed by atoms with E-state index in [9.17, 15) is 0 Å². The van der Waals surface area contributed by atoms with Crippen LogP contribution < -0.4 is 15.4 Å². The molecule has 1 aliphatic heterocycles. The number of ether oxygens (including phenoxy) is 1. The zero-order valence-electron chi connectivity index (χ0n) is 14.9. The van der Waals surface area contributed by atoms with Crippen molar-refractivity contribution < 1.29 is 4.74 Å². The molecule has 0 bridgehead atoms. The molecule has 0 saturated carbocycles. The second-order valence-electron chi connectivity index (χ2n) is 5.96. The van der Waals surface area contributed by atoms with Crippen molar-refractivity contribution in [3.63, 3.8) is 0 Å². The molecule has 1 aromatic rings. The Bertz CT molecular complexity index is 614. The number of nitrogens with one attached hydrogen (secondary N) is 2. The maximum Gasteiger partial charge on any atom is 0.204 e. The van der Waals surface area contributed by atoms with Gasteiger partial charge in [0, 0.05) is 20.1 Å². The largest absolute Gasteiger partial charge is 0.490 e. The Labute approximate surface area is 150 Å². The van der Waals surface area contributed by atoms with Crippen LogP contribution in [0.4, 0.5) is 0 Å². The van der Waals surface area contributed by atoms with E-state index >= 15 is 0 Å². The summed E-state index contributed by atoms with van der Waals surface area (Å²) in [7, 11) is 1.62. The van der Waals surface area contributed by atoms with E-state index in [-0.39, 0.29) is 0 Å². The molecule has 6 nitrogen and oxygen atoms in total. The molecule has 0 amide bonds. The number of piperidine rings is 1. The summed E-state index contributed by atoms with van der Waals surface area (Å²) >= 11 is 0. The average molecular weight is 341 g/mol. The molecule has 1 aliphatic rings. The molecule has 25 heavy (non-hydrogen) atoms. The Kier molecular flexibility index (Phi) is 8.36. The van der Waals surface area contributed by atoms with Crippen molar-refractivity contribution in [3.8, 4) is 11.9 Å². The SMILES string of the molecule is CN=C(NC#N)NCC=CCOc1cccc(CN2CCCCC2)c1. The third-order valence-electron chi connectivity index (χ3n) is 4.05. The normalized spacial score (nSPS) is 15.8. The van der Waals surface area contributed by atoms with Crippen LogP contribution in [0.25, 0.3) is 0 Å². The molecule has 2 N–H and O–H groups in total. The lowest BCUT2D eigenvalue weighted by Gasteiger charge is -2.26. The number of rotatable bonds is 7. The molecule has 0 atom stereocenters. The number of hydrogen-bond donors (Lipinski definition) is 2. The van der Waals surface area contributed by atoms with E-state index in [0.717, 1.165) is 12.3 Å². The van der Waals surface area contributed by atoms with Gasteiger partial charge in [0.2, 0.25) is 5.96 Å². The van der Waals surface area contributed by atoms with Crippen molar-refractivity contribution in [2.45, 2.75) is 25.8 Å². The molecule has 134 valence electrons. The molecular formula is C19H27N5O. The van der Waals surface area contributed by atoms with Crippen molar-refractivity contribution in [3.05, 3.63) is 42.0 Å². The molecule has 0 aromatic heterocycles. The van der Waals surface area contributed by atoms with Crippen LogP contribution in [0.15, 0.2) is 41.4 Å². The molecule has 0 unspecified atom stereocenters. The van der Waals surface area contributed by atoms with Crippen LogP contribution in [0.3, 0.4) is 0 Å². The van der Waals surface area contributed by atoms with Gasteiger partial charge < -0.3 is 10.1 Å². The minimum absolute atomic E-state index is 0.457. The van der Waals surface area contributed by atoms with E-state index in [1.54, 1.807) is 7.05 Å². The summed E-state index contributed by atoms with van der Waals surface area (Å²) in [5.74, 6) is 1.35. The summed E-state index contributed by atoms with van der Waals surface area (Å²) in [4.78, 5) is 6.41. The van der Waals surface area contributed by atoms with Crippen LogP contribution in [-0.2, 0) is 6.54 Å². The maximum atomic E-state index is 8.54. The lowest BCUT2D eigenvalue weighted by molar-refractivity contribution is 0.220. The van der Waals surface area contributed by atoms with E-state index in [2.05, 4.69) is 38.7 Å². The fraction of sp³-hybridized carbons (Fsp3) is 0.474. The average Bonchev–Trinajstić information content (AvgIpc) is 2.65. The third kappa shape index (κ3) is 7.27. The predicted molar refractivity (Wildman–Crippen MR) is 100 cm³/mol. The molecule has 6 heteroatoms. The molecule has 0 spiro atoms. The van der Waals surface area contributed by atoms with Gasteiger partial charge >= 0.3 is 0 Å². The highest BCUT2D eigenvalue weighted by Gasteiger charge is 2.10. The minimum Gasteiger partial charge on any atom is -0.490 e. The zero-order chi connectivity index (χ0) is 17.7. The van der Waals surface area contributed by atoms with E-state index < -0.39 is 0 Å². The highest BCUT2D eigenvalue weighted by Crippen LogP contribution is 2.17. The van der Waals surface area contributed by atoms with Crippen LogP contribution in [0.1, 0.15) is 24.8 Å². The number of benzene rings is 1. The standard InChI is InChI=1S/C19H27N5O/c1-21-19(23-16-20)22-10-3-6-13-25-18-9-7-8-17(14-18)15-24-11-4-2-5-12-24/h3,6-9,14H,2,4-5,10-13,15H2,1H3,(H2,21,22,23). The Morgan fingerprint density at radius 3 is 2.92 bits per heavy atom. The van der Waals surface area contributed by atoms with E-state index in [1.165, 1.54) is 37.9 Å². The molecule has 1 fully saturated rings. The van der Waals surface area contributed by atoms with Crippen LogP contribution >= 0.6 is 0 Å². The zero-order valence-corrected chi connectivity index (χ0v) is 14.9. The molecule has 1 heterocycles. The first-order valence-electron chi connectivity index (χ1n) is 8.76. The number of guanidine groups is 1. The van der Waals surface area contributed by atoms with Gasteiger partial charge in [0.1, 0.15) is 12.4 Å². The molecular weight excluding hydrogens is 314 g/mol. The lowest BCUT2D eigenvalue weighted by atomic mass is 10.1. The Hall–Kier alpha value is -2.52. The quantitative estimate of drug-likeness (QED) is 0.262. The van der Waals surface area contributed by atoms with Crippen molar-refractivity contribution in [1.82, 2.24) is 15.5 Å². The van der Waals surface area contributed by atoms with Crippen molar-refractivity contribution in [1.29, 1.82) is 5.26 Å². The predicted octanol–water partition coefficient (Wildman–Crippen LogP) is 2.25. The van der Waals surface area contributed by atoms with Crippen LogP contribution in [0.2, 0.25) is 0 Å². The van der Waals surface area contributed by atoms with Crippen molar-refractivity contribution in [2.24, 2.45) is 4.99 Å². The second-order valence-corrected chi connectivity index (χ2v) is 5.96. The Balaban J connectivity index is 1.71. The van der Waals surface area contributed by atoms with Crippen molar-refractivity contribution in [2.75, 3.05) is 33.3 Å². The van der Waals surface area contributed by atoms with E-state index in [0.29, 0.717) is 19.1 Å². The van der Waals surface area contributed by atoms with Gasteiger partial charge in [0.05, 0.1) is 0 Å².